The first-order valence-electron chi connectivity index (χ1n) is 5.15. The predicted molar refractivity (Wildman–Crippen MR) is 70.5 cm³/mol. The van der Waals surface area contributed by atoms with Crippen LogP contribution in [0.4, 0.5) is 0 Å². The molecule has 0 aliphatic carbocycles. The van der Waals surface area contributed by atoms with Gasteiger partial charge in [-0.05, 0) is 26.8 Å². The fourth-order valence-electron chi connectivity index (χ4n) is 1.20. The van der Waals surface area contributed by atoms with Crippen LogP contribution >= 0.6 is 11.6 Å². The fraction of sp³-hybridized carbons (Fsp3) is 0.455. The van der Waals surface area contributed by atoms with E-state index in [4.69, 9.17) is 16.9 Å². The summed E-state index contributed by atoms with van der Waals surface area (Å²) in [5.41, 5.74) is 0.267. The van der Waals surface area contributed by atoms with E-state index in [9.17, 15) is 8.42 Å². The first-order valence-corrected chi connectivity index (χ1v) is 7.01. The zero-order chi connectivity index (χ0) is 14.1. The molecule has 1 aromatic rings. The maximum absolute atomic E-state index is 12.1. The van der Waals surface area contributed by atoms with E-state index >= 15 is 0 Å². The van der Waals surface area contributed by atoms with Crippen molar-refractivity contribution in [3.05, 3.63) is 21.8 Å². The van der Waals surface area contributed by atoms with Gasteiger partial charge in [-0.15, -0.1) is 0 Å². The molecule has 0 saturated heterocycles. The van der Waals surface area contributed by atoms with Crippen LogP contribution in [0.3, 0.4) is 0 Å². The molecule has 0 radical (unpaired) electrons. The Bertz CT molecular complexity index is 630. The highest BCUT2D eigenvalue weighted by atomic mass is 35.5. The molecule has 98 valence electrons. The maximum atomic E-state index is 12.1. The highest BCUT2D eigenvalue weighted by Crippen LogP contribution is 2.26. The minimum Gasteiger partial charge on any atom is -0.274 e. The highest BCUT2D eigenvalue weighted by molar-refractivity contribution is 7.97. The lowest BCUT2D eigenvalue weighted by Gasteiger charge is -2.17. The number of allylic oxidation sites excluding steroid dienone is 1. The van der Waals surface area contributed by atoms with E-state index in [-0.39, 0.29) is 10.6 Å². The third kappa shape index (κ3) is 2.74. The molecular formula is C11H14ClN3O2S. The van der Waals surface area contributed by atoms with Gasteiger partial charge in [0.05, 0.1) is 9.77 Å². The third-order valence-electron chi connectivity index (χ3n) is 2.28. The van der Waals surface area contributed by atoms with E-state index in [0.29, 0.717) is 5.02 Å². The van der Waals surface area contributed by atoms with Crippen LogP contribution in [0.15, 0.2) is 11.1 Å². The molecule has 7 heteroatoms. The summed E-state index contributed by atoms with van der Waals surface area (Å²) in [5, 5.41) is 13.3. The van der Waals surface area contributed by atoms with Crippen LogP contribution in [0.2, 0.25) is 5.02 Å². The number of sulfone groups is 1. The number of aryl methyl sites for hydroxylation is 1. The zero-order valence-corrected chi connectivity index (χ0v) is 12.2. The van der Waals surface area contributed by atoms with Crippen molar-refractivity contribution in [3.8, 4) is 6.07 Å². The van der Waals surface area contributed by atoms with Crippen LogP contribution in [-0.4, -0.2) is 22.9 Å². The van der Waals surface area contributed by atoms with Crippen LogP contribution in [-0.2, 0) is 16.9 Å². The molecule has 18 heavy (non-hydrogen) atoms. The number of nitriles is 1. The lowest BCUT2D eigenvalue weighted by molar-refractivity contribution is 0.568. The second-order valence-corrected chi connectivity index (χ2v) is 7.85. The minimum atomic E-state index is -3.70. The van der Waals surface area contributed by atoms with Gasteiger partial charge in [0.25, 0.3) is 0 Å². The lowest BCUT2D eigenvalue weighted by Crippen LogP contribution is -2.28. The summed E-state index contributed by atoms with van der Waals surface area (Å²) in [7, 11) is -2.04. The topological polar surface area (TPSA) is 75.8 Å². The van der Waals surface area contributed by atoms with Gasteiger partial charge < -0.3 is 0 Å². The van der Waals surface area contributed by atoms with Crippen molar-refractivity contribution >= 4 is 27.5 Å². The molecule has 0 N–H and O–H groups in total. The van der Waals surface area contributed by atoms with Crippen molar-refractivity contribution in [3.63, 3.8) is 0 Å². The number of hydrogen-bond donors (Lipinski definition) is 0. The molecule has 0 aromatic carbocycles. The molecule has 0 fully saturated rings. The smallest absolute Gasteiger partial charge is 0.193 e. The molecule has 1 rings (SSSR count). The Balaban J connectivity index is 3.38. The molecule has 1 heterocycles. The SMILES string of the molecule is Cn1cc(Cl)c(C=C(C#N)S(=O)(=O)C(C)(C)C)n1. The normalized spacial score (nSPS) is 13.4. The Morgan fingerprint density at radius 2 is 2.11 bits per heavy atom. The summed E-state index contributed by atoms with van der Waals surface area (Å²) in [6.07, 6.45) is 2.73. The molecule has 0 aliphatic heterocycles. The van der Waals surface area contributed by atoms with Crippen molar-refractivity contribution in [1.82, 2.24) is 9.78 Å². The van der Waals surface area contributed by atoms with Crippen molar-refractivity contribution < 1.29 is 8.42 Å². The van der Waals surface area contributed by atoms with Gasteiger partial charge in [-0.3, -0.25) is 4.68 Å². The fourth-order valence-corrected chi connectivity index (χ4v) is 2.48. The van der Waals surface area contributed by atoms with E-state index in [2.05, 4.69) is 5.10 Å². The average molecular weight is 288 g/mol. The van der Waals surface area contributed by atoms with E-state index in [0.717, 1.165) is 0 Å². The van der Waals surface area contributed by atoms with Crippen LogP contribution in [0, 0.1) is 11.3 Å². The average Bonchev–Trinajstić information content (AvgIpc) is 2.51. The monoisotopic (exact) mass is 287 g/mol. The summed E-state index contributed by atoms with van der Waals surface area (Å²) in [6, 6.07) is 1.70. The van der Waals surface area contributed by atoms with Gasteiger partial charge in [0.2, 0.25) is 0 Å². The van der Waals surface area contributed by atoms with Crippen molar-refractivity contribution in [2.45, 2.75) is 25.5 Å². The standard InChI is InChI=1S/C11H14ClN3O2S/c1-11(2,3)18(16,17)8(6-13)5-10-9(12)7-15(4)14-10/h5,7H,1-4H3. The van der Waals surface area contributed by atoms with Crippen LogP contribution in [0.5, 0.6) is 0 Å². The molecule has 0 aliphatic rings. The first kappa shape index (κ1) is 14.7. The van der Waals surface area contributed by atoms with Gasteiger partial charge >= 0.3 is 0 Å². The summed E-state index contributed by atoms with van der Waals surface area (Å²) in [6.45, 7) is 4.61. The Labute approximate surface area is 112 Å². The largest absolute Gasteiger partial charge is 0.274 e. The minimum absolute atomic E-state index is 0.267. The molecule has 0 saturated carbocycles. The molecule has 5 nitrogen and oxygen atoms in total. The van der Waals surface area contributed by atoms with Gasteiger partial charge in [-0.2, -0.15) is 10.4 Å². The van der Waals surface area contributed by atoms with Crippen molar-refractivity contribution in [2.24, 2.45) is 7.05 Å². The second kappa shape index (κ2) is 4.75. The molecule has 0 unspecified atom stereocenters. The lowest BCUT2D eigenvalue weighted by atomic mass is 10.3. The van der Waals surface area contributed by atoms with E-state index in [1.54, 1.807) is 13.1 Å². The number of nitrogens with zero attached hydrogens (tertiary/aromatic N) is 3. The summed E-state index contributed by atoms with van der Waals surface area (Å²) < 4.78 is 24.7. The molecule has 0 spiro atoms. The Morgan fingerprint density at radius 1 is 1.56 bits per heavy atom. The summed E-state index contributed by atoms with van der Waals surface area (Å²) in [4.78, 5) is -0.337. The molecular weight excluding hydrogens is 274 g/mol. The van der Waals surface area contributed by atoms with Crippen LogP contribution in [0.25, 0.3) is 6.08 Å². The number of rotatable bonds is 2. The van der Waals surface area contributed by atoms with Gasteiger partial charge in [0.15, 0.2) is 9.84 Å². The molecule has 0 bridgehead atoms. The van der Waals surface area contributed by atoms with Gasteiger partial charge in [-0.1, -0.05) is 11.6 Å². The summed E-state index contributed by atoms with van der Waals surface area (Å²) in [5.74, 6) is 0. The van der Waals surface area contributed by atoms with Crippen molar-refractivity contribution in [2.75, 3.05) is 0 Å². The van der Waals surface area contributed by atoms with Crippen molar-refractivity contribution in [1.29, 1.82) is 5.26 Å². The molecule has 1 aromatic heterocycles. The third-order valence-corrected chi connectivity index (χ3v) is 4.98. The number of halogens is 1. The second-order valence-electron chi connectivity index (χ2n) is 4.77. The Morgan fingerprint density at radius 3 is 2.44 bits per heavy atom. The van der Waals surface area contributed by atoms with E-state index in [1.165, 1.54) is 37.7 Å². The predicted octanol–water partition coefficient (Wildman–Crippen LogP) is 2.15. The van der Waals surface area contributed by atoms with Crippen LogP contribution < -0.4 is 0 Å². The van der Waals surface area contributed by atoms with Gasteiger partial charge in [-0.25, -0.2) is 8.42 Å². The van der Waals surface area contributed by atoms with Gasteiger partial charge in [0.1, 0.15) is 16.7 Å². The number of hydrogen-bond acceptors (Lipinski definition) is 4. The quantitative estimate of drug-likeness (QED) is 0.781. The Hall–Kier alpha value is -1.32. The van der Waals surface area contributed by atoms with Crippen LogP contribution in [0.1, 0.15) is 26.5 Å². The number of aromatic nitrogens is 2. The zero-order valence-electron chi connectivity index (χ0n) is 10.6. The summed E-state index contributed by atoms with van der Waals surface area (Å²) >= 11 is 5.88. The van der Waals surface area contributed by atoms with E-state index in [1.807, 2.05) is 0 Å². The first-order chi connectivity index (χ1) is 8.09. The highest BCUT2D eigenvalue weighted by Gasteiger charge is 2.33. The van der Waals surface area contributed by atoms with Gasteiger partial charge in [0, 0.05) is 13.2 Å². The molecule has 0 amide bonds. The van der Waals surface area contributed by atoms with E-state index < -0.39 is 14.6 Å². The molecule has 0 atom stereocenters. The maximum Gasteiger partial charge on any atom is 0.193 e. The Kier molecular flexibility index (Phi) is 3.89.